The molecule has 1 nitrogen and oxygen atoms in total. The smallest absolute Gasteiger partial charge is 0.00772 e. The predicted octanol–water partition coefficient (Wildman–Crippen LogP) is 2.08. The molecule has 0 spiro atoms. The van der Waals surface area contributed by atoms with E-state index in [0.717, 1.165) is 13.0 Å². The van der Waals surface area contributed by atoms with Crippen molar-refractivity contribution in [2.45, 2.75) is 33.1 Å². The van der Waals surface area contributed by atoms with Gasteiger partial charge in [0.05, 0.1) is 0 Å². The molecule has 9 heavy (non-hydrogen) atoms. The van der Waals surface area contributed by atoms with Crippen LogP contribution in [0, 0.1) is 0 Å². The van der Waals surface area contributed by atoms with Gasteiger partial charge in [0.15, 0.2) is 0 Å². The zero-order valence-corrected chi connectivity index (χ0v) is 6.48. The minimum atomic E-state index is 0.830. The van der Waals surface area contributed by atoms with E-state index in [1.54, 1.807) is 0 Å². The number of allylic oxidation sites excluding steroid dienone is 2. The van der Waals surface area contributed by atoms with Crippen LogP contribution in [0.15, 0.2) is 11.6 Å². The van der Waals surface area contributed by atoms with Gasteiger partial charge in [0.1, 0.15) is 0 Å². The van der Waals surface area contributed by atoms with Crippen LogP contribution in [-0.2, 0) is 0 Å². The second-order valence-corrected chi connectivity index (χ2v) is 2.38. The second kappa shape index (κ2) is 5.83. The molecule has 0 aromatic rings. The third kappa shape index (κ3) is 5.57. The molecule has 0 bridgehead atoms. The Bertz CT molecular complexity index is 84.6. The van der Waals surface area contributed by atoms with Gasteiger partial charge in [0, 0.05) is 0 Å². The van der Waals surface area contributed by atoms with Crippen molar-refractivity contribution in [1.82, 2.24) is 0 Å². The second-order valence-electron chi connectivity index (χ2n) is 2.38. The highest BCUT2D eigenvalue weighted by Gasteiger charge is 1.86. The molecular formula is C8H17N. The van der Waals surface area contributed by atoms with E-state index in [1.165, 1.54) is 18.4 Å². The minimum Gasteiger partial charge on any atom is -0.330 e. The number of hydrogen-bond acceptors (Lipinski definition) is 1. The summed E-state index contributed by atoms with van der Waals surface area (Å²) >= 11 is 0. The summed E-state index contributed by atoms with van der Waals surface area (Å²) in [6, 6.07) is 0. The molecule has 0 heterocycles. The van der Waals surface area contributed by atoms with Crippen LogP contribution in [0.2, 0.25) is 0 Å². The molecule has 0 aliphatic heterocycles. The first kappa shape index (κ1) is 8.70. The summed E-state index contributed by atoms with van der Waals surface area (Å²) in [6.45, 7) is 5.07. The zero-order chi connectivity index (χ0) is 7.11. The van der Waals surface area contributed by atoms with Crippen LogP contribution in [0.3, 0.4) is 0 Å². The normalized spacial score (nSPS) is 12.1. The SMILES string of the molecule is CC=C(C)CCCCN. The lowest BCUT2D eigenvalue weighted by atomic mass is 10.1. The summed E-state index contributed by atoms with van der Waals surface area (Å²) in [5, 5.41) is 0. The van der Waals surface area contributed by atoms with Gasteiger partial charge in [-0.1, -0.05) is 11.6 Å². The van der Waals surface area contributed by atoms with Crippen molar-refractivity contribution in [3.8, 4) is 0 Å². The fraction of sp³-hybridized carbons (Fsp3) is 0.750. The Morgan fingerprint density at radius 1 is 1.44 bits per heavy atom. The van der Waals surface area contributed by atoms with E-state index in [2.05, 4.69) is 19.9 Å². The molecule has 0 saturated heterocycles. The molecule has 0 amide bonds. The number of hydrogen-bond donors (Lipinski definition) is 1. The Balaban J connectivity index is 3.07. The summed E-state index contributed by atoms with van der Waals surface area (Å²) in [5.74, 6) is 0. The standard InChI is InChI=1S/C8H17N/c1-3-8(2)6-4-5-7-9/h3H,4-7,9H2,1-2H3. The van der Waals surface area contributed by atoms with Gasteiger partial charge in [-0.3, -0.25) is 0 Å². The van der Waals surface area contributed by atoms with Crippen LogP contribution in [0.1, 0.15) is 33.1 Å². The Hall–Kier alpha value is -0.300. The van der Waals surface area contributed by atoms with E-state index in [9.17, 15) is 0 Å². The maximum Gasteiger partial charge on any atom is -0.00772 e. The van der Waals surface area contributed by atoms with Crippen LogP contribution < -0.4 is 5.73 Å². The first-order valence-electron chi connectivity index (χ1n) is 3.63. The van der Waals surface area contributed by atoms with Crippen LogP contribution >= 0.6 is 0 Å². The van der Waals surface area contributed by atoms with Crippen molar-refractivity contribution < 1.29 is 0 Å². The van der Waals surface area contributed by atoms with Gasteiger partial charge in [-0.2, -0.15) is 0 Å². The van der Waals surface area contributed by atoms with Gasteiger partial charge in [-0.15, -0.1) is 0 Å². The Kier molecular flexibility index (Phi) is 5.64. The lowest BCUT2D eigenvalue weighted by molar-refractivity contribution is 0.739. The monoisotopic (exact) mass is 127 g/mol. The molecule has 2 N–H and O–H groups in total. The summed E-state index contributed by atoms with van der Waals surface area (Å²) in [6.07, 6.45) is 5.78. The number of unbranched alkanes of at least 4 members (excludes halogenated alkanes) is 1. The largest absolute Gasteiger partial charge is 0.330 e. The summed E-state index contributed by atoms with van der Waals surface area (Å²) in [7, 11) is 0. The average molecular weight is 127 g/mol. The van der Waals surface area contributed by atoms with Gasteiger partial charge in [-0.25, -0.2) is 0 Å². The number of nitrogens with two attached hydrogens (primary N) is 1. The molecule has 0 fully saturated rings. The molecule has 0 radical (unpaired) electrons. The molecule has 0 unspecified atom stereocenters. The maximum absolute atomic E-state index is 5.34. The molecule has 0 aromatic carbocycles. The molecule has 54 valence electrons. The quantitative estimate of drug-likeness (QED) is 0.454. The first-order chi connectivity index (χ1) is 4.31. The predicted molar refractivity (Wildman–Crippen MR) is 42.3 cm³/mol. The third-order valence-corrected chi connectivity index (χ3v) is 1.52. The molecule has 0 rings (SSSR count). The van der Waals surface area contributed by atoms with Gasteiger partial charge in [0.25, 0.3) is 0 Å². The highest BCUT2D eigenvalue weighted by atomic mass is 14.5. The van der Waals surface area contributed by atoms with E-state index in [1.807, 2.05) is 0 Å². The van der Waals surface area contributed by atoms with Gasteiger partial charge < -0.3 is 5.73 Å². The first-order valence-corrected chi connectivity index (χ1v) is 3.63. The lowest BCUT2D eigenvalue weighted by Gasteiger charge is -1.96. The van der Waals surface area contributed by atoms with Crippen LogP contribution in [-0.4, -0.2) is 6.54 Å². The van der Waals surface area contributed by atoms with Crippen LogP contribution in [0.5, 0.6) is 0 Å². The highest BCUT2D eigenvalue weighted by Crippen LogP contribution is 2.04. The molecule has 0 aliphatic rings. The van der Waals surface area contributed by atoms with Crippen molar-refractivity contribution in [3.05, 3.63) is 11.6 Å². The fourth-order valence-electron chi connectivity index (χ4n) is 0.693. The van der Waals surface area contributed by atoms with Gasteiger partial charge in [-0.05, 0) is 39.7 Å². The maximum atomic E-state index is 5.34. The van der Waals surface area contributed by atoms with Crippen molar-refractivity contribution >= 4 is 0 Å². The highest BCUT2D eigenvalue weighted by molar-refractivity contribution is 4.94. The van der Waals surface area contributed by atoms with Gasteiger partial charge >= 0.3 is 0 Å². The topological polar surface area (TPSA) is 26.0 Å². The molecule has 0 saturated carbocycles. The summed E-state index contributed by atoms with van der Waals surface area (Å²) < 4.78 is 0. The fourth-order valence-corrected chi connectivity index (χ4v) is 0.693. The molecule has 0 atom stereocenters. The molecule has 1 heteroatoms. The Labute approximate surface area is 57.9 Å². The lowest BCUT2D eigenvalue weighted by Crippen LogP contribution is -1.97. The van der Waals surface area contributed by atoms with E-state index in [-0.39, 0.29) is 0 Å². The molecule has 0 aromatic heterocycles. The van der Waals surface area contributed by atoms with Crippen molar-refractivity contribution in [2.75, 3.05) is 6.54 Å². The Morgan fingerprint density at radius 3 is 2.56 bits per heavy atom. The average Bonchev–Trinajstić information content (AvgIpc) is 1.89. The minimum absolute atomic E-state index is 0.830. The van der Waals surface area contributed by atoms with Crippen molar-refractivity contribution in [1.29, 1.82) is 0 Å². The van der Waals surface area contributed by atoms with Gasteiger partial charge in [0.2, 0.25) is 0 Å². The van der Waals surface area contributed by atoms with Crippen LogP contribution in [0.25, 0.3) is 0 Å². The summed E-state index contributed by atoms with van der Waals surface area (Å²) in [4.78, 5) is 0. The third-order valence-electron chi connectivity index (χ3n) is 1.52. The van der Waals surface area contributed by atoms with Crippen molar-refractivity contribution in [2.24, 2.45) is 5.73 Å². The summed E-state index contributed by atoms with van der Waals surface area (Å²) in [5.41, 5.74) is 6.81. The molecular weight excluding hydrogens is 110 g/mol. The zero-order valence-electron chi connectivity index (χ0n) is 6.48. The van der Waals surface area contributed by atoms with Crippen molar-refractivity contribution in [3.63, 3.8) is 0 Å². The number of rotatable bonds is 4. The molecule has 0 aliphatic carbocycles. The van der Waals surface area contributed by atoms with E-state index in [4.69, 9.17) is 5.73 Å². The van der Waals surface area contributed by atoms with E-state index < -0.39 is 0 Å². The van der Waals surface area contributed by atoms with E-state index >= 15 is 0 Å². The van der Waals surface area contributed by atoms with Crippen LogP contribution in [0.4, 0.5) is 0 Å². The Morgan fingerprint density at radius 2 is 2.11 bits per heavy atom. The van der Waals surface area contributed by atoms with E-state index in [0.29, 0.717) is 0 Å².